The van der Waals surface area contributed by atoms with Crippen molar-refractivity contribution in [3.63, 3.8) is 0 Å². The standard InChI is InChI=1S/C30H28N6O/c1-35(2)26-12-13-28-27(20-26)29(14-17-31-28)33-23-8-10-24(11-9-23)34-30(37)21-4-6-22(7-5-21)32-25-15-18-36(3)19-16-25/h4-20H,1-3H3,(H2,31,33,34,37)/p+1. The third-order valence-corrected chi connectivity index (χ3v) is 6.08. The summed E-state index contributed by atoms with van der Waals surface area (Å²) in [4.78, 5) is 19.3. The summed E-state index contributed by atoms with van der Waals surface area (Å²) in [7, 11) is 6.02. The number of aromatic nitrogens is 2. The molecule has 7 heteroatoms. The van der Waals surface area contributed by atoms with Crippen LogP contribution in [0.1, 0.15) is 10.4 Å². The molecule has 0 aliphatic rings. The van der Waals surface area contributed by atoms with Gasteiger partial charge in [0.2, 0.25) is 0 Å². The van der Waals surface area contributed by atoms with Crippen LogP contribution in [-0.2, 0) is 7.05 Å². The third kappa shape index (κ3) is 5.67. The number of pyridine rings is 2. The van der Waals surface area contributed by atoms with Gasteiger partial charge in [-0.25, -0.2) is 4.57 Å². The molecule has 0 saturated carbocycles. The van der Waals surface area contributed by atoms with Crippen LogP contribution in [0.2, 0.25) is 0 Å². The molecule has 3 N–H and O–H groups in total. The predicted molar refractivity (Wildman–Crippen MR) is 151 cm³/mol. The highest BCUT2D eigenvalue weighted by atomic mass is 16.1. The van der Waals surface area contributed by atoms with Crippen molar-refractivity contribution in [3.8, 4) is 0 Å². The molecule has 5 rings (SSSR count). The minimum Gasteiger partial charge on any atom is -0.378 e. The van der Waals surface area contributed by atoms with Crippen LogP contribution in [0, 0.1) is 0 Å². The maximum Gasteiger partial charge on any atom is 0.255 e. The van der Waals surface area contributed by atoms with Crippen LogP contribution >= 0.6 is 0 Å². The van der Waals surface area contributed by atoms with Crippen LogP contribution in [0.25, 0.3) is 10.9 Å². The molecule has 0 saturated heterocycles. The van der Waals surface area contributed by atoms with Gasteiger partial charge in [0, 0.05) is 71.8 Å². The second kappa shape index (κ2) is 10.4. The second-order valence-electron chi connectivity index (χ2n) is 9.07. The van der Waals surface area contributed by atoms with E-state index in [1.807, 2.05) is 111 Å². The van der Waals surface area contributed by atoms with Crippen molar-refractivity contribution in [2.75, 3.05) is 34.9 Å². The van der Waals surface area contributed by atoms with E-state index >= 15 is 0 Å². The van der Waals surface area contributed by atoms with E-state index in [1.54, 1.807) is 6.20 Å². The largest absolute Gasteiger partial charge is 0.378 e. The average molecular weight is 490 g/mol. The summed E-state index contributed by atoms with van der Waals surface area (Å²) in [5.41, 5.74) is 7.16. The molecule has 184 valence electrons. The summed E-state index contributed by atoms with van der Waals surface area (Å²) in [6, 6.07) is 27.3. The van der Waals surface area contributed by atoms with Gasteiger partial charge >= 0.3 is 0 Å². The normalized spacial score (nSPS) is 10.7. The lowest BCUT2D eigenvalue weighted by Gasteiger charge is -2.15. The van der Waals surface area contributed by atoms with Gasteiger partial charge in [0.1, 0.15) is 7.05 Å². The maximum atomic E-state index is 12.8. The quantitative estimate of drug-likeness (QED) is 0.250. The van der Waals surface area contributed by atoms with Crippen molar-refractivity contribution in [2.24, 2.45) is 7.05 Å². The third-order valence-electron chi connectivity index (χ3n) is 6.08. The maximum absolute atomic E-state index is 12.8. The van der Waals surface area contributed by atoms with E-state index in [0.717, 1.165) is 45.0 Å². The number of anilines is 6. The zero-order valence-corrected chi connectivity index (χ0v) is 21.1. The Hall–Kier alpha value is -4.91. The first-order chi connectivity index (χ1) is 17.9. The summed E-state index contributed by atoms with van der Waals surface area (Å²) in [5.74, 6) is -0.157. The summed E-state index contributed by atoms with van der Waals surface area (Å²) in [5, 5.41) is 10.8. The molecule has 7 nitrogen and oxygen atoms in total. The molecule has 0 aliphatic heterocycles. The van der Waals surface area contributed by atoms with Crippen molar-refractivity contribution < 1.29 is 9.36 Å². The number of rotatable bonds is 7. The molecule has 1 amide bonds. The lowest BCUT2D eigenvalue weighted by molar-refractivity contribution is -0.671. The Morgan fingerprint density at radius 2 is 1.38 bits per heavy atom. The summed E-state index contributed by atoms with van der Waals surface area (Å²) < 4.78 is 1.98. The monoisotopic (exact) mass is 489 g/mol. The molecule has 0 radical (unpaired) electrons. The van der Waals surface area contributed by atoms with E-state index in [-0.39, 0.29) is 5.91 Å². The van der Waals surface area contributed by atoms with Gasteiger partial charge in [-0.15, -0.1) is 0 Å². The van der Waals surface area contributed by atoms with Gasteiger partial charge < -0.3 is 20.9 Å². The number of fused-ring (bicyclic) bond motifs is 1. The molecule has 3 aromatic carbocycles. The minimum atomic E-state index is -0.157. The van der Waals surface area contributed by atoms with Crippen molar-refractivity contribution in [1.82, 2.24) is 4.98 Å². The molecular weight excluding hydrogens is 460 g/mol. The first kappa shape index (κ1) is 23.8. The van der Waals surface area contributed by atoms with Gasteiger partial charge in [-0.3, -0.25) is 9.78 Å². The van der Waals surface area contributed by atoms with Crippen LogP contribution in [0.3, 0.4) is 0 Å². The van der Waals surface area contributed by atoms with E-state index in [9.17, 15) is 4.79 Å². The number of aryl methyl sites for hydroxylation is 1. The predicted octanol–water partition coefficient (Wildman–Crippen LogP) is 5.86. The fourth-order valence-corrected chi connectivity index (χ4v) is 3.97. The Morgan fingerprint density at radius 1 is 0.757 bits per heavy atom. The van der Waals surface area contributed by atoms with Gasteiger partial charge in [0.25, 0.3) is 5.91 Å². The van der Waals surface area contributed by atoms with Crippen LogP contribution < -0.4 is 25.4 Å². The molecule has 0 spiro atoms. The Labute approximate surface area is 216 Å². The van der Waals surface area contributed by atoms with Gasteiger partial charge in [-0.1, -0.05) is 0 Å². The minimum absolute atomic E-state index is 0.157. The number of carbonyl (C=O) groups is 1. The molecule has 0 unspecified atom stereocenters. The fraction of sp³-hybridized carbons (Fsp3) is 0.100. The topological polar surface area (TPSA) is 73.2 Å². The summed E-state index contributed by atoms with van der Waals surface area (Å²) in [6.07, 6.45) is 5.76. The molecule has 2 aromatic heterocycles. The number of amides is 1. The molecular formula is C30H29N6O+. The number of nitrogens with one attached hydrogen (secondary N) is 3. The summed E-state index contributed by atoms with van der Waals surface area (Å²) >= 11 is 0. The lowest BCUT2D eigenvalue weighted by Crippen LogP contribution is -2.25. The zero-order chi connectivity index (χ0) is 25.8. The average Bonchev–Trinajstić information content (AvgIpc) is 2.91. The van der Waals surface area contributed by atoms with E-state index in [2.05, 4.69) is 38.0 Å². The van der Waals surface area contributed by atoms with Crippen LogP contribution in [0.5, 0.6) is 0 Å². The Kier molecular flexibility index (Phi) is 6.68. The lowest BCUT2D eigenvalue weighted by atomic mass is 10.1. The molecule has 0 fully saturated rings. The Balaban J connectivity index is 1.24. The second-order valence-corrected chi connectivity index (χ2v) is 9.07. The molecule has 0 bridgehead atoms. The molecule has 0 atom stereocenters. The zero-order valence-electron chi connectivity index (χ0n) is 21.1. The fourth-order valence-electron chi connectivity index (χ4n) is 3.97. The van der Waals surface area contributed by atoms with Gasteiger partial charge in [-0.2, -0.15) is 0 Å². The number of nitrogens with zero attached hydrogens (tertiary/aromatic N) is 3. The van der Waals surface area contributed by atoms with Crippen LogP contribution in [0.4, 0.5) is 34.1 Å². The van der Waals surface area contributed by atoms with Gasteiger partial charge in [0.05, 0.1) is 11.2 Å². The highest BCUT2D eigenvalue weighted by molar-refractivity contribution is 6.04. The van der Waals surface area contributed by atoms with Gasteiger partial charge in [-0.05, 0) is 72.8 Å². The number of hydrogen-bond acceptors (Lipinski definition) is 5. The van der Waals surface area contributed by atoms with Crippen LogP contribution in [-0.4, -0.2) is 25.0 Å². The van der Waals surface area contributed by atoms with Crippen LogP contribution in [0.15, 0.2) is 104 Å². The molecule has 37 heavy (non-hydrogen) atoms. The Morgan fingerprint density at radius 3 is 2.08 bits per heavy atom. The number of carbonyl (C=O) groups excluding carboxylic acids is 1. The number of hydrogen-bond donors (Lipinski definition) is 3. The van der Waals surface area contributed by atoms with Crippen molar-refractivity contribution in [3.05, 3.63) is 109 Å². The van der Waals surface area contributed by atoms with E-state index < -0.39 is 0 Å². The molecule has 2 heterocycles. The van der Waals surface area contributed by atoms with Gasteiger partial charge in [0.15, 0.2) is 12.4 Å². The van der Waals surface area contributed by atoms with Crippen molar-refractivity contribution in [2.45, 2.75) is 0 Å². The van der Waals surface area contributed by atoms with E-state index in [0.29, 0.717) is 5.56 Å². The highest BCUT2D eigenvalue weighted by Crippen LogP contribution is 2.29. The molecule has 0 aliphatic carbocycles. The smallest absolute Gasteiger partial charge is 0.255 e. The number of benzene rings is 3. The highest BCUT2D eigenvalue weighted by Gasteiger charge is 2.08. The van der Waals surface area contributed by atoms with E-state index in [4.69, 9.17) is 0 Å². The SMILES string of the molecule is CN(C)c1ccc2nccc(Nc3ccc(NC(=O)c4ccc(Nc5cc[n+](C)cc5)cc4)cc3)c2c1. The molecule has 5 aromatic rings. The first-order valence-corrected chi connectivity index (χ1v) is 12.0. The summed E-state index contributed by atoms with van der Waals surface area (Å²) in [6.45, 7) is 0. The first-order valence-electron chi connectivity index (χ1n) is 12.0. The van der Waals surface area contributed by atoms with E-state index in [1.165, 1.54) is 0 Å². The Bertz CT molecular complexity index is 1530. The van der Waals surface area contributed by atoms with Crippen molar-refractivity contribution >= 4 is 50.9 Å². The van der Waals surface area contributed by atoms with Crippen molar-refractivity contribution in [1.29, 1.82) is 0 Å².